The van der Waals surface area contributed by atoms with E-state index >= 15 is 0 Å². The van der Waals surface area contributed by atoms with E-state index in [9.17, 15) is 4.79 Å². The summed E-state index contributed by atoms with van der Waals surface area (Å²) in [6.07, 6.45) is 6.74. The number of esters is 1. The van der Waals surface area contributed by atoms with Crippen LogP contribution in [0.5, 0.6) is 0 Å². The van der Waals surface area contributed by atoms with Gasteiger partial charge in [0, 0.05) is 36.8 Å². The summed E-state index contributed by atoms with van der Waals surface area (Å²) in [5.74, 6) is -0.391. The van der Waals surface area contributed by atoms with Crippen LogP contribution in [-0.4, -0.2) is 27.8 Å². The Kier molecular flexibility index (Phi) is 2.68. The van der Waals surface area contributed by atoms with Crippen molar-refractivity contribution in [3.63, 3.8) is 0 Å². The second kappa shape index (κ2) is 4.14. The van der Waals surface area contributed by atoms with Crippen LogP contribution in [0.1, 0.15) is 10.4 Å². The van der Waals surface area contributed by atoms with Crippen LogP contribution in [0.15, 0.2) is 30.9 Å². The fourth-order valence-electron chi connectivity index (χ4n) is 1.40. The van der Waals surface area contributed by atoms with Crippen molar-refractivity contribution < 1.29 is 9.53 Å². The smallest absolute Gasteiger partial charge is 0.339 e. The van der Waals surface area contributed by atoms with Gasteiger partial charge in [0.25, 0.3) is 0 Å². The minimum absolute atomic E-state index is 0.391. The first kappa shape index (κ1) is 10.4. The van der Waals surface area contributed by atoms with Gasteiger partial charge in [-0.1, -0.05) is 0 Å². The Morgan fingerprint density at radius 1 is 1.31 bits per heavy atom. The highest BCUT2D eigenvalue weighted by Crippen LogP contribution is 2.18. The standard InChI is InChI=1S/C11H11N3O2/c1-14-7-10(6-13-14)8-3-9(5-12-4-8)11(15)16-2/h3-7H,1-2H3. The van der Waals surface area contributed by atoms with Gasteiger partial charge in [0.1, 0.15) is 0 Å². The van der Waals surface area contributed by atoms with Gasteiger partial charge in [-0.2, -0.15) is 5.10 Å². The fraction of sp³-hybridized carbons (Fsp3) is 0.182. The highest BCUT2D eigenvalue weighted by Gasteiger charge is 2.08. The van der Waals surface area contributed by atoms with Crippen molar-refractivity contribution in [2.75, 3.05) is 7.11 Å². The highest BCUT2D eigenvalue weighted by molar-refractivity contribution is 5.90. The largest absolute Gasteiger partial charge is 0.465 e. The molecule has 2 heterocycles. The maximum atomic E-state index is 11.3. The monoisotopic (exact) mass is 217 g/mol. The number of aryl methyl sites for hydroxylation is 1. The molecule has 0 spiro atoms. The normalized spacial score (nSPS) is 10.1. The van der Waals surface area contributed by atoms with Gasteiger partial charge in [0.15, 0.2) is 0 Å². The van der Waals surface area contributed by atoms with Gasteiger partial charge in [-0.05, 0) is 6.07 Å². The Labute approximate surface area is 92.7 Å². The molecule has 0 aliphatic heterocycles. The molecular formula is C11H11N3O2. The van der Waals surface area contributed by atoms with E-state index in [1.807, 2.05) is 13.2 Å². The van der Waals surface area contributed by atoms with Gasteiger partial charge < -0.3 is 4.74 Å². The first-order valence-corrected chi connectivity index (χ1v) is 4.73. The first-order chi connectivity index (χ1) is 7.70. The lowest BCUT2D eigenvalue weighted by molar-refractivity contribution is 0.0600. The molecule has 0 saturated carbocycles. The fourth-order valence-corrected chi connectivity index (χ4v) is 1.40. The van der Waals surface area contributed by atoms with Gasteiger partial charge in [0.2, 0.25) is 0 Å². The van der Waals surface area contributed by atoms with Gasteiger partial charge in [0.05, 0.1) is 18.9 Å². The predicted molar refractivity (Wildman–Crippen MR) is 57.8 cm³/mol. The predicted octanol–water partition coefficient (Wildman–Crippen LogP) is 1.27. The molecule has 0 radical (unpaired) electrons. The molecule has 0 N–H and O–H groups in total. The molecule has 5 nitrogen and oxygen atoms in total. The van der Waals surface area contributed by atoms with Crippen LogP contribution in [0.4, 0.5) is 0 Å². The zero-order chi connectivity index (χ0) is 11.5. The summed E-state index contributed by atoms with van der Waals surface area (Å²) in [5, 5.41) is 4.06. The second-order valence-corrected chi connectivity index (χ2v) is 3.36. The Hall–Kier alpha value is -2.17. The Morgan fingerprint density at radius 3 is 2.75 bits per heavy atom. The number of ether oxygens (including phenoxy) is 1. The van der Waals surface area contributed by atoms with Gasteiger partial charge in [-0.25, -0.2) is 4.79 Å². The molecule has 0 aromatic carbocycles. The summed E-state index contributed by atoms with van der Waals surface area (Å²) in [6, 6.07) is 1.73. The molecule has 0 aliphatic carbocycles. The molecule has 82 valence electrons. The lowest BCUT2D eigenvalue weighted by Crippen LogP contribution is -2.01. The van der Waals surface area contributed by atoms with Crippen molar-refractivity contribution in [1.29, 1.82) is 0 Å². The third kappa shape index (κ3) is 1.93. The molecule has 0 fully saturated rings. The van der Waals surface area contributed by atoms with Crippen LogP contribution in [0, 0.1) is 0 Å². The minimum Gasteiger partial charge on any atom is -0.465 e. The Morgan fingerprint density at radius 2 is 2.12 bits per heavy atom. The van der Waals surface area contributed by atoms with Crippen LogP contribution in [0.25, 0.3) is 11.1 Å². The molecule has 0 unspecified atom stereocenters. The summed E-state index contributed by atoms with van der Waals surface area (Å²) in [5.41, 5.74) is 2.20. The van der Waals surface area contributed by atoms with E-state index in [4.69, 9.17) is 0 Å². The third-order valence-electron chi connectivity index (χ3n) is 2.20. The van der Waals surface area contributed by atoms with Crippen molar-refractivity contribution >= 4 is 5.97 Å². The van der Waals surface area contributed by atoms with E-state index in [1.54, 1.807) is 23.1 Å². The molecule has 2 aromatic heterocycles. The van der Waals surface area contributed by atoms with E-state index in [2.05, 4.69) is 14.8 Å². The molecule has 0 aliphatic rings. The van der Waals surface area contributed by atoms with Gasteiger partial charge >= 0.3 is 5.97 Å². The van der Waals surface area contributed by atoms with E-state index in [-0.39, 0.29) is 0 Å². The molecular weight excluding hydrogens is 206 g/mol. The molecule has 0 atom stereocenters. The molecule has 16 heavy (non-hydrogen) atoms. The molecule has 0 amide bonds. The lowest BCUT2D eigenvalue weighted by atomic mass is 10.1. The second-order valence-electron chi connectivity index (χ2n) is 3.36. The number of pyridine rings is 1. The highest BCUT2D eigenvalue weighted by atomic mass is 16.5. The molecule has 5 heteroatoms. The summed E-state index contributed by atoms with van der Waals surface area (Å²) in [7, 11) is 3.18. The number of methoxy groups -OCH3 is 1. The van der Waals surface area contributed by atoms with Crippen LogP contribution >= 0.6 is 0 Å². The maximum absolute atomic E-state index is 11.3. The van der Waals surface area contributed by atoms with Gasteiger partial charge in [-0.3, -0.25) is 9.67 Å². The van der Waals surface area contributed by atoms with Crippen molar-refractivity contribution in [1.82, 2.24) is 14.8 Å². The Balaban J connectivity index is 2.39. The average molecular weight is 217 g/mol. The van der Waals surface area contributed by atoms with Crippen LogP contribution in [0.2, 0.25) is 0 Å². The van der Waals surface area contributed by atoms with E-state index < -0.39 is 5.97 Å². The lowest BCUT2D eigenvalue weighted by Gasteiger charge is -2.00. The number of nitrogens with zero attached hydrogens (tertiary/aromatic N) is 3. The first-order valence-electron chi connectivity index (χ1n) is 4.73. The van der Waals surface area contributed by atoms with Crippen molar-refractivity contribution in [3.05, 3.63) is 36.4 Å². The van der Waals surface area contributed by atoms with Crippen molar-refractivity contribution in [2.24, 2.45) is 7.05 Å². The third-order valence-corrected chi connectivity index (χ3v) is 2.20. The molecule has 2 aromatic rings. The molecule has 2 rings (SSSR count). The maximum Gasteiger partial charge on any atom is 0.339 e. The SMILES string of the molecule is COC(=O)c1cncc(-c2cnn(C)c2)c1. The van der Waals surface area contributed by atoms with Crippen LogP contribution in [-0.2, 0) is 11.8 Å². The number of carbonyl (C=O) groups is 1. The molecule has 0 bridgehead atoms. The summed E-state index contributed by atoms with van der Waals surface area (Å²) in [6.45, 7) is 0. The zero-order valence-electron chi connectivity index (χ0n) is 9.04. The topological polar surface area (TPSA) is 57.0 Å². The van der Waals surface area contributed by atoms with Crippen molar-refractivity contribution in [2.45, 2.75) is 0 Å². The van der Waals surface area contributed by atoms with Crippen molar-refractivity contribution in [3.8, 4) is 11.1 Å². The number of carbonyl (C=O) groups excluding carboxylic acids is 1. The van der Waals surface area contributed by atoms with Crippen LogP contribution in [0.3, 0.4) is 0 Å². The van der Waals surface area contributed by atoms with E-state index in [1.165, 1.54) is 13.3 Å². The quantitative estimate of drug-likeness (QED) is 0.711. The van der Waals surface area contributed by atoms with E-state index in [0.717, 1.165) is 11.1 Å². The van der Waals surface area contributed by atoms with Crippen LogP contribution < -0.4 is 0 Å². The minimum atomic E-state index is -0.391. The zero-order valence-corrected chi connectivity index (χ0v) is 9.04. The average Bonchev–Trinajstić information content (AvgIpc) is 2.75. The molecule has 0 saturated heterocycles. The number of hydrogen-bond acceptors (Lipinski definition) is 4. The Bertz CT molecular complexity index is 519. The number of rotatable bonds is 2. The van der Waals surface area contributed by atoms with Gasteiger partial charge in [-0.15, -0.1) is 0 Å². The number of hydrogen-bond donors (Lipinski definition) is 0. The summed E-state index contributed by atoms with van der Waals surface area (Å²) in [4.78, 5) is 15.3. The van der Waals surface area contributed by atoms with E-state index in [0.29, 0.717) is 5.56 Å². The summed E-state index contributed by atoms with van der Waals surface area (Å²) < 4.78 is 6.33. The number of aromatic nitrogens is 3. The summed E-state index contributed by atoms with van der Waals surface area (Å²) >= 11 is 0.